The Morgan fingerprint density at radius 3 is 1.90 bits per heavy atom. The van der Waals surface area contributed by atoms with Gasteiger partial charge in [-0.1, -0.05) is 62.5 Å². The fourth-order valence-corrected chi connectivity index (χ4v) is 1.72. The molecule has 2 nitrogen and oxygen atoms in total. The molecule has 0 aliphatic carbocycles. The van der Waals surface area contributed by atoms with E-state index in [4.69, 9.17) is 5.11 Å². The van der Waals surface area contributed by atoms with Crippen molar-refractivity contribution >= 4 is 5.97 Å². The van der Waals surface area contributed by atoms with Crippen LogP contribution in [-0.2, 0) is 4.79 Å². The molecule has 0 heterocycles. The van der Waals surface area contributed by atoms with E-state index in [0.29, 0.717) is 5.92 Å². The van der Waals surface area contributed by atoms with Crippen molar-refractivity contribution in [3.63, 3.8) is 0 Å². The summed E-state index contributed by atoms with van der Waals surface area (Å²) in [6.45, 7) is 4.37. The van der Waals surface area contributed by atoms with Gasteiger partial charge in [-0.05, 0) is 44.4 Å². The molecule has 118 valence electrons. The van der Waals surface area contributed by atoms with Gasteiger partial charge < -0.3 is 5.11 Å². The molecule has 0 saturated carbocycles. The number of carboxylic acid groups (broad SMARTS) is 1. The van der Waals surface area contributed by atoms with Gasteiger partial charge in [-0.25, -0.2) is 0 Å². The molecular weight excluding hydrogens is 260 g/mol. The van der Waals surface area contributed by atoms with Gasteiger partial charge in [-0.2, -0.15) is 0 Å². The van der Waals surface area contributed by atoms with Crippen LogP contribution in [0.1, 0.15) is 58.8 Å². The highest BCUT2D eigenvalue weighted by Gasteiger charge is 1.93. The van der Waals surface area contributed by atoms with Crippen LogP contribution in [0.5, 0.6) is 0 Å². The number of hydrogen-bond donors (Lipinski definition) is 1. The van der Waals surface area contributed by atoms with E-state index >= 15 is 0 Å². The Morgan fingerprint density at radius 2 is 1.38 bits per heavy atom. The third-order valence-electron chi connectivity index (χ3n) is 2.85. The predicted molar refractivity (Wildman–Crippen MR) is 91.4 cm³/mol. The highest BCUT2D eigenvalue weighted by molar-refractivity contribution is 5.66. The Hall–Kier alpha value is -1.57. The minimum absolute atomic E-state index is 0.284. The Bertz CT molecular complexity index is 360. The van der Waals surface area contributed by atoms with Crippen LogP contribution in [-0.4, -0.2) is 11.1 Å². The fourth-order valence-electron chi connectivity index (χ4n) is 1.72. The van der Waals surface area contributed by atoms with Crippen molar-refractivity contribution in [2.75, 3.05) is 0 Å². The van der Waals surface area contributed by atoms with Crippen molar-refractivity contribution in [1.29, 1.82) is 0 Å². The molecule has 0 saturated heterocycles. The highest BCUT2D eigenvalue weighted by Crippen LogP contribution is 2.02. The smallest absolute Gasteiger partial charge is 0.303 e. The summed E-state index contributed by atoms with van der Waals surface area (Å²) in [5.41, 5.74) is 0. The monoisotopic (exact) mass is 290 g/mol. The Balaban J connectivity index is 3.43. The molecule has 0 rings (SSSR count). The summed E-state index contributed by atoms with van der Waals surface area (Å²) >= 11 is 0. The first-order valence-corrected chi connectivity index (χ1v) is 7.96. The topological polar surface area (TPSA) is 37.3 Å². The summed E-state index contributed by atoms with van der Waals surface area (Å²) in [6.07, 6.45) is 23.4. The number of aliphatic carboxylic acids is 1. The molecule has 0 amide bonds. The maximum absolute atomic E-state index is 10.3. The summed E-state index contributed by atoms with van der Waals surface area (Å²) in [6, 6.07) is 0. The van der Waals surface area contributed by atoms with Gasteiger partial charge >= 0.3 is 5.97 Å². The zero-order chi connectivity index (χ0) is 15.8. The van der Waals surface area contributed by atoms with E-state index in [9.17, 15) is 4.79 Å². The van der Waals surface area contributed by atoms with Crippen LogP contribution < -0.4 is 0 Å². The number of carbonyl (C=O) groups is 1. The van der Waals surface area contributed by atoms with E-state index in [2.05, 4.69) is 62.5 Å². The molecule has 0 radical (unpaired) electrons. The second-order valence-corrected chi connectivity index (χ2v) is 5.43. The van der Waals surface area contributed by atoms with Crippen LogP contribution in [0.15, 0.2) is 48.6 Å². The van der Waals surface area contributed by atoms with Gasteiger partial charge in [-0.15, -0.1) is 0 Å². The summed E-state index contributed by atoms with van der Waals surface area (Å²) in [5.74, 6) is -0.0659. The molecule has 0 fully saturated rings. The second-order valence-electron chi connectivity index (χ2n) is 5.43. The Labute approximate surface area is 130 Å². The lowest BCUT2D eigenvalue weighted by molar-refractivity contribution is -0.137. The maximum Gasteiger partial charge on any atom is 0.303 e. The molecule has 0 bridgehead atoms. The maximum atomic E-state index is 10.3. The van der Waals surface area contributed by atoms with Crippen molar-refractivity contribution < 1.29 is 9.90 Å². The van der Waals surface area contributed by atoms with Gasteiger partial charge in [0.1, 0.15) is 0 Å². The molecule has 0 aliphatic rings. The van der Waals surface area contributed by atoms with Crippen molar-refractivity contribution in [2.45, 2.75) is 58.8 Å². The van der Waals surface area contributed by atoms with Crippen LogP contribution in [0.2, 0.25) is 0 Å². The molecule has 1 N–H and O–H groups in total. The number of unbranched alkanes of at least 4 members (excludes halogenated alkanes) is 2. The molecule has 0 atom stereocenters. The van der Waals surface area contributed by atoms with E-state index < -0.39 is 5.97 Å². The second kappa shape index (κ2) is 14.8. The van der Waals surface area contributed by atoms with Crippen molar-refractivity contribution in [1.82, 2.24) is 0 Å². The summed E-state index contributed by atoms with van der Waals surface area (Å²) in [5, 5.41) is 8.49. The number of carboxylic acids is 1. The summed E-state index contributed by atoms with van der Waals surface area (Å²) in [7, 11) is 0. The van der Waals surface area contributed by atoms with E-state index in [1.54, 1.807) is 0 Å². The molecule has 0 aromatic rings. The lowest BCUT2D eigenvalue weighted by atomic mass is 10.2. The van der Waals surface area contributed by atoms with Gasteiger partial charge in [0.2, 0.25) is 0 Å². The van der Waals surface area contributed by atoms with Gasteiger partial charge in [0.25, 0.3) is 0 Å². The Kier molecular flexibility index (Phi) is 13.7. The first-order valence-electron chi connectivity index (χ1n) is 7.96. The molecule has 0 aromatic carbocycles. The van der Waals surface area contributed by atoms with Gasteiger partial charge in [0, 0.05) is 6.42 Å². The van der Waals surface area contributed by atoms with Gasteiger partial charge in [0.05, 0.1) is 0 Å². The molecule has 0 aromatic heterocycles. The highest BCUT2D eigenvalue weighted by atomic mass is 16.4. The first kappa shape index (κ1) is 19.4. The summed E-state index contributed by atoms with van der Waals surface area (Å²) < 4.78 is 0. The van der Waals surface area contributed by atoms with Crippen molar-refractivity contribution in [3.8, 4) is 0 Å². The van der Waals surface area contributed by atoms with E-state index in [1.807, 2.05) is 0 Å². The zero-order valence-corrected chi connectivity index (χ0v) is 13.5. The van der Waals surface area contributed by atoms with Gasteiger partial charge in [0.15, 0.2) is 0 Å². The summed E-state index contributed by atoms with van der Waals surface area (Å²) in [4.78, 5) is 10.3. The van der Waals surface area contributed by atoms with Crippen molar-refractivity contribution in [2.24, 2.45) is 5.92 Å². The first-order chi connectivity index (χ1) is 10.1. The normalized spacial score (nSPS) is 12.7. The number of rotatable bonds is 12. The van der Waals surface area contributed by atoms with Crippen LogP contribution in [0, 0.1) is 5.92 Å². The van der Waals surface area contributed by atoms with Crippen LogP contribution >= 0.6 is 0 Å². The lowest BCUT2D eigenvalue weighted by Gasteiger charge is -1.92. The molecule has 0 spiro atoms. The zero-order valence-electron chi connectivity index (χ0n) is 13.5. The van der Waals surface area contributed by atoms with Crippen molar-refractivity contribution in [3.05, 3.63) is 48.6 Å². The van der Waals surface area contributed by atoms with Crippen LogP contribution in [0.25, 0.3) is 0 Å². The molecule has 21 heavy (non-hydrogen) atoms. The average molecular weight is 290 g/mol. The van der Waals surface area contributed by atoms with E-state index in [1.165, 1.54) is 0 Å². The fraction of sp³-hybridized carbons (Fsp3) is 0.526. The quantitative estimate of drug-likeness (QED) is 0.371. The average Bonchev–Trinajstić information content (AvgIpc) is 2.42. The number of allylic oxidation sites excluding steroid dienone is 8. The minimum Gasteiger partial charge on any atom is -0.481 e. The minimum atomic E-state index is -0.699. The third-order valence-corrected chi connectivity index (χ3v) is 2.85. The molecular formula is C19H30O2. The Morgan fingerprint density at radius 1 is 0.857 bits per heavy atom. The van der Waals surface area contributed by atoms with Crippen LogP contribution in [0.3, 0.4) is 0 Å². The standard InChI is InChI=1S/C19H30O2/c1-18(2)16-14-12-10-8-6-4-3-5-7-9-11-13-15-17-19(20)21/h3-4,7-10,14,16,18H,5-6,11-13,15,17H2,1-2H3,(H,20,21). The van der Waals surface area contributed by atoms with Crippen LogP contribution in [0.4, 0.5) is 0 Å². The van der Waals surface area contributed by atoms with Gasteiger partial charge in [-0.3, -0.25) is 4.79 Å². The van der Waals surface area contributed by atoms with E-state index in [-0.39, 0.29) is 6.42 Å². The lowest BCUT2D eigenvalue weighted by Crippen LogP contribution is -1.92. The molecule has 2 heteroatoms. The predicted octanol–water partition coefficient (Wildman–Crippen LogP) is 5.68. The van der Waals surface area contributed by atoms with E-state index in [0.717, 1.165) is 38.5 Å². The SMILES string of the molecule is CC(C)C=CCC=CCC=CCC=CCCCCC(=O)O. The molecule has 0 aliphatic heterocycles. The molecule has 0 unspecified atom stereocenters. The number of hydrogen-bond acceptors (Lipinski definition) is 1. The largest absolute Gasteiger partial charge is 0.481 e. The third kappa shape index (κ3) is 18.4.